The number of benzene rings is 1. The summed E-state index contributed by atoms with van der Waals surface area (Å²) in [4.78, 5) is 16.5. The zero-order valence-electron chi connectivity index (χ0n) is 15.7. The maximum atomic E-state index is 12.6. The normalized spacial score (nSPS) is 14.6. The van der Waals surface area contributed by atoms with Gasteiger partial charge in [0.15, 0.2) is 11.5 Å². The van der Waals surface area contributed by atoms with E-state index >= 15 is 0 Å². The van der Waals surface area contributed by atoms with E-state index in [4.69, 9.17) is 5.26 Å². The van der Waals surface area contributed by atoms with Gasteiger partial charge in [-0.25, -0.2) is 4.79 Å². The standard InChI is InChI=1S/C20H24N6O/c1-15(2)16-4-6-17(7-5-16)22-20(27)26-11-3-10-25(12-13-26)19-9-8-18(14-21)23-24-19/h4-9,15H,3,10-13H2,1-2H3,(H,22,27). The predicted octanol–water partition coefficient (Wildman–Crippen LogP) is 3.22. The minimum atomic E-state index is -0.0833. The maximum absolute atomic E-state index is 12.6. The summed E-state index contributed by atoms with van der Waals surface area (Å²) in [5.41, 5.74) is 2.36. The Morgan fingerprint density at radius 1 is 1.07 bits per heavy atom. The van der Waals surface area contributed by atoms with Crippen LogP contribution in [0.15, 0.2) is 36.4 Å². The molecule has 0 spiro atoms. The first-order valence-electron chi connectivity index (χ1n) is 9.21. The van der Waals surface area contributed by atoms with Crippen molar-refractivity contribution in [3.05, 3.63) is 47.7 Å². The first kappa shape index (κ1) is 18.6. The van der Waals surface area contributed by atoms with Crippen molar-refractivity contribution in [1.29, 1.82) is 5.26 Å². The molecule has 1 aromatic carbocycles. The second-order valence-corrected chi connectivity index (χ2v) is 6.92. The van der Waals surface area contributed by atoms with Gasteiger partial charge in [-0.15, -0.1) is 10.2 Å². The van der Waals surface area contributed by atoms with E-state index in [1.165, 1.54) is 5.56 Å². The first-order chi connectivity index (χ1) is 13.1. The summed E-state index contributed by atoms with van der Waals surface area (Å²) in [5.74, 6) is 1.21. The van der Waals surface area contributed by atoms with Crippen LogP contribution in [0.1, 0.15) is 37.4 Å². The van der Waals surface area contributed by atoms with E-state index < -0.39 is 0 Å². The van der Waals surface area contributed by atoms with Crippen LogP contribution >= 0.6 is 0 Å². The highest BCUT2D eigenvalue weighted by atomic mass is 16.2. The Bertz CT molecular complexity index is 810. The van der Waals surface area contributed by atoms with Crippen LogP contribution in [0, 0.1) is 11.3 Å². The van der Waals surface area contributed by atoms with Crippen molar-refractivity contribution in [2.45, 2.75) is 26.2 Å². The number of aromatic nitrogens is 2. The van der Waals surface area contributed by atoms with E-state index in [1.54, 1.807) is 12.1 Å². The number of hydrogen-bond acceptors (Lipinski definition) is 5. The van der Waals surface area contributed by atoms with Crippen LogP contribution in [-0.2, 0) is 0 Å². The van der Waals surface area contributed by atoms with Gasteiger partial charge in [0.25, 0.3) is 0 Å². The fourth-order valence-corrected chi connectivity index (χ4v) is 3.06. The number of hydrogen-bond donors (Lipinski definition) is 1. The van der Waals surface area contributed by atoms with Gasteiger partial charge in [0.2, 0.25) is 0 Å². The van der Waals surface area contributed by atoms with Crippen LogP contribution in [0.5, 0.6) is 0 Å². The molecule has 0 bridgehead atoms. The smallest absolute Gasteiger partial charge is 0.321 e. The summed E-state index contributed by atoms with van der Waals surface area (Å²) in [6.07, 6.45) is 0.849. The molecule has 7 nitrogen and oxygen atoms in total. The summed E-state index contributed by atoms with van der Waals surface area (Å²) in [7, 11) is 0. The number of amides is 2. The van der Waals surface area contributed by atoms with Crippen LogP contribution in [0.4, 0.5) is 16.3 Å². The van der Waals surface area contributed by atoms with Gasteiger partial charge in [0.05, 0.1) is 0 Å². The second kappa shape index (κ2) is 8.49. The molecule has 27 heavy (non-hydrogen) atoms. The molecule has 140 valence electrons. The van der Waals surface area contributed by atoms with Crippen LogP contribution in [0.3, 0.4) is 0 Å². The molecule has 1 fully saturated rings. The molecule has 1 saturated heterocycles. The van der Waals surface area contributed by atoms with Gasteiger partial charge in [0, 0.05) is 31.9 Å². The van der Waals surface area contributed by atoms with Crippen LogP contribution in [-0.4, -0.2) is 47.3 Å². The molecule has 1 N–H and O–H groups in total. The Morgan fingerprint density at radius 2 is 1.85 bits per heavy atom. The average Bonchev–Trinajstić information content (AvgIpc) is 2.95. The third kappa shape index (κ3) is 4.73. The summed E-state index contributed by atoms with van der Waals surface area (Å²) >= 11 is 0. The molecule has 2 amide bonds. The number of anilines is 2. The Balaban J connectivity index is 1.58. The minimum absolute atomic E-state index is 0.0833. The Labute approximate surface area is 159 Å². The molecule has 1 aromatic heterocycles. The van der Waals surface area contributed by atoms with E-state index in [2.05, 4.69) is 34.3 Å². The van der Waals surface area contributed by atoms with Gasteiger partial charge in [-0.3, -0.25) is 0 Å². The molecule has 1 aliphatic heterocycles. The Morgan fingerprint density at radius 3 is 2.48 bits per heavy atom. The van der Waals surface area contributed by atoms with Crippen LogP contribution in [0.2, 0.25) is 0 Å². The second-order valence-electron chi connectivity index (χ2n) is 6.92. The number of nitrogens with one attached hydrogen (secondary N) is 1. The third-order valence-corrected chi connectivity index (χ3v) is 4.70. The zero-order chi connectivity index (χ0) is 19.2. The van der Waals surface area contributed by atoms with Crippen LogP contribution < -0.4 is 10.2 Å². The van der Waals surface area contributed by atoms with E-state index in [1.807, 2.05) is 35.2 Å². The van der Waals surface area contributed by atoms with E-state index in [-0.39, 0.29) is 6.03 Å². The van der Waals surface area contributed by atoms with Crippen molar-refractivity contribution < 1.29 is 4.79 Å². The monoisotopic (exact) mass is 364 g/mol. The van der Waals surface area contributed by atoms with E-state index in [0.717, 1.165) is 24.5 Å². The molecule has 0 saturated carbocycles. The van der Waals surface area contributed by atoms with Crippen molar-refractivity contribution in [2.75, 3.05) is 36.4 Å². The molecular formula is C20H24N6O. The highest BCUT2D eigenvalue weighted by Crippen LogP contribution is 2.18. The van der Waals surface area contributed by atoms with Crippen molar-refractivity contribution in [1.82, 2.24) is 15.1 Å². The fraction of sp³-hybridized carbons (Fsp3) is 0.400. The van der Waals surface area contributed by atoms with Gasteiger partial charge in [-0.05, 0) is 42.2 Å². The third-order valence-electron chi connectivity index (χ3n) is 4.70. The SMILES string of the molecule is CC(C)c1ccc(NC(=O)N2CCCN(c3ccc(C#N)nn3)CC2)cc1. The quantitative estimate of drug-likeness (QED) is 0.904. The lowest BCUT2D eigenvalue weighted by atomic mass is 10.0. The number of carbonyl (C=O) groups excluding carboxylic acids is 1. The molecule has 1 aliphatic rings. The number of carbonyl (C=O) groups is 1. The number of rotatable bonds is 3. The lowest BCUT2D eigenvalue weighted by Gasteiger charge is -2.22. The highest BCUT2D eigenvalue weighted by molar-refractivity contribution is 5.89. The van der Waals surface area contributed by atoms with Gasteiger partial charge in [-0.2, -0.15) is 5.26 Å². The zero-order valence-corrected chi connectivity index (χ0v) is 15.7. The predicted molar refractivity (Wildman–Crippen MR) is 105 cm³/mol. The summed E-state index contributed by atoms with van der Waals surface area (Å²) in [6, 6.07) is 13.4. The topological polar surface area (TPSA) is 85.2 Å². The molecule has 0 unspecified atom stereocenters. The summed E-state index contributed by atoms with van der Waals surface area (Å²) in [5, 5.41) is 19.8. The molecule has 2 heterocycles. The number of nitriles is 1. The van der Waals surface area contributed by atoms with Crippen molar-refractivity contribution in [2.24, 2.45) is 0 Å². The van der Waals surface area contributed by atoms with E-state index in [9.17, 15) is 4.79 Å². The Kier molecular flexibility index (Phi) is 5.87. The maximum Gasteiger partial charge on any atom is 0.321 e. The number of urea groups is 1. The van der Waals surface area contributed by atoms with Gasteiger partial charge in [0.1, 0.15) is 6.07 Å². The van der Waals surface area contributed by atoms with Gasteiger partial charge < -0.3 is 15.1 Å². The molecule has 3 rings (SSSR count). The Hall–Kier alpha value is -3.14. The molecule has 0 atom stereocenters. The summed E-state index contributed by atoms with van der Waals surface area (Å²) in [6.45, 7) is 7.07. The fourth-order valence-electron chi connectivity index (χ4n) is 3.06. The lowest BCUT2D eigenvalue weighted by molar-refractivity contribution is 0.215. The lowest BCUT2D eigenvalue weighted by Crippen LogP contribution is -2.38. The van der Waals surface area contributed by atoms with E-state index in [0.29, 0.717) is 31.2 Å². The van der Waals surface area contributed by atoms with Crippen molar-refractivity contribution in [3.63, 3.8) is 0 Å². The van der Waals surface area contributed by atoms with Gasteiger partial charge >= 0.3 is 6.03 Å². The molecule has 0 radical (unpaired) electrons. The molecule has 0 aliphatic carbocycles. The minimum Gasteiger partial charge on any atom is -0.353 e. The summed E-state index contributed by atoms with van der Waals surface area (Å²) < 4.78 is 0. The van der Waals surface area contributed by atoms with Gasteiger partial charge in [-0.1, -0.05) is 26.0 Å². The largest absolute Gasteiger partial charge is 0.353 e. The van der Waals surface area contributed by atoms with Crippen LogP contribution in [0.25, 0.3) is 0 Å². The van der Waals surface area contributed by atoms with Crippen molar-refractivity contribution >= 4 is 17.5 Å². The highest BCUT2D eigenvalue weighted by Gasteiger charge is 2.20. The average molecular weight is 364 g/mol. The first-order valence-corrected chi connectivity index (χ1v) is 9.21. The van der Waals surface area contributed by atoms with Crippen molar-refractivity contribution in [3.8, 4) is 6.07 Å². The molecular weight excluding hydrogens is 340 g/mol. The number of nitrogens with zero attached hydrogens (tertiary/aromatic N) is 5. The molecule has 7 heteroatoms. The molecule has 2 aromatic rings.